The van der Waals surface area contributed by atoms with Gasteiger partial charge >= 0.3 is 0 Å². The summed E-state index contributed by atoms with van der Waals surface area (Å²) in [6.45, 7) is 1.56. The van der Waals surface area contributed by atoms with Crippen LogP contribution in [0.1, 0.15) is 31.2 Å². The molecule has 2 rings (SSSR count). The molecule has 1 aliphatic rings. The zero-order valence-corrected chi connectivity index (χ0v) is 11.5. The second-order valence-corrected chi connectivity index (χ2v) is 5.17. The van der Waals surface area contributed by atoms with Gasteiger partial charge in [-0.25, -0.2) is 4.39 Å². The Morgan fingerprint density at radius 1 is 1.42 bits per heavy atom. The standard InChI is InChI=1S/C15H23FN2O/c1-17-11-12-6-7-15(14(16)10-12)18(8-3-9-19)13-4-2-5-13/h6-7,10,13,17,19H,2-5,8-9,11H2,1H3. The first kappa shape index (κ1) is 14.3. The van der Waals surface area contributed by atoms with Crippen molar-refractivity contribution in [2.24, 2.45) is 0 Å². The lowest BCUT2D eigenvalue weighted by atomic mass is 9.90. The van der Waals surface area contributed by atoms with Crippen molar-refractivity contribution >= 4 is 5.69 Å². The Balaban J connectivity index is 2.15. The van der Waals surface area contributed by atoms with E-state index < -0.39 is 0 Å². The van der Waals surface area contributed by atoms with Crippen LogP contribution >= 0.6 is 0 Å². The molecular weight excluding hydrogens is 243 g/mol. The number of hydrogen-bond acceptors (Lipinski definition) is 3. The molecule has 1 aromatic rings. The number of aliphatic hydroxyl groups excluding tert-OH is 1. The molecule has 1 fully saturated rings. The average molecular weight is 266 g/mol. The monoisotopic (exact) mass is 266 g/mol. The lowest BCUT2D eigenvalue weighted by Gasteiger charge is -2.39. The molecule has 0 aliphatic heterocycles. The molecule has 19 heavy (non-hydrogen) atoms. The highest BCUT2D eigenvalue weighted by Crippen LogP contribution is 2.31. The van der Waals surface area contributed by atoms with E-state index in [-0.39, 0.29) is 12.4 Å². The summed E-state index contributed by atoms with van der Waals surface area (Å²) >= 11 is 0. The van der Waals surface area contributed by atoms with Crippen LogP contribution in [0.25, 0.3) is 0 Å². The third kappa shape index (κ3) is 3.45. The molecule has 0 unspecified atom stereocenters. The Morgan fingerprint density at radius 2 is 2.21 bits per heavy atom. The van der Waals surface area contributed by atoms with Gasteiger partial charge in [-0.15, -0.1) is 0 Å². The fraction of sp³-hybridized carbons (Fsp3) is 0.600. The van der Waals surface area contributed by atoms with Gasteiger partial charge in [0.1, 0.15) is 5.82 Å². The average Bonchev–Trinajstić information content (AvgIpc) is 2.33. The third-order valence-electron chi connectivity index (χ3n) is 3.78. The number of nitrogens with one attached hydrogen (secondary N) is 1. The van der Waals surface area contributed by atoms with Gasteiger partial charge in [-0.2, -0.15) is 0 Å². The number of rotatable bonds is 7. The van der Waals surface area contributed by atoms with Crippen molar-refractivity contribution in [3.63, 3.8) is 0 Å². The van der Waals surface area contributed by atoms with E-state index >= 15 is 0 Å². The van der Waals surface area contributed by atoms with E-state index in [1.807, 2.05) is 19.2 Å². The molecule has 4 heteroatoms. The van der Waals surface area contributed by atoms with Crippen LogP contribution in [0.4, 0.5) is 10.1 Å². The van der Waals surface area contributed by atoms with E-state index in [1.165, 1.54) is 6.42 Å². The van der Waals surface area contributed by atoms with Crippen LogP contribution in [-0.2, 0) is 6.54 Å². The molecule has 0 heterocycles. The molecule has 0 spiro atoms. The van der Waals surface area contributed by atoms with Crippen molar-refractivity contribution in [2.75, 3.05) is 25.1 Å². The molecule has 0 amide bonds. The summed E-state index contributed by atoms with van der Waals surface area (Å²) in [6.07, 6.45) is 4.17. The third-order valence-corrected chi connectivity index (χ3v) is 3.78. The van der Waals surface area contributed by atoms with Gasteiger partial charge in [0.05, 0.1) is 5.69 Å². The van der Waals surface area contributed by atoms with Crippen molar-refractivity contribution < 1.29 is 9.50 Å². The first-order chi connectivity index (χ1) is 9.26. The number of anilines is 1. The minimum absolute atomic E-state index is 0.155. The largest absolute Gasteiger partial charge is 0.396 e. The van der Waals surface area contributed by atoms with Crippen molar-refractivity contribution in [1.29, 1.82) is 0 Å². The van der Waals surface area contributed by atoms with Crippen LogP contribution in [0.3, 0.4) is 0 Å². The number of aliphatic hydroxyl groups is 1. The first-order valence-electron chi connectivity index (χ1n) is 7.06. The Bertz CT molecular complexity index is 407. The van der Waals surface area contributed by atoms with Gasteiger partial charge in [-0.05, 0) is 50.4 Å². The lowest BCUT2D eigenvalue weighted by molar-refractivity contribution is 0.282. The maximum absolute atomic E-state index is 14.2. The van der Waals surface area contributed by atoms with Crippen LogP contribution < -0.4 is 10.2 Å². The van der Waals surface area contributed by atoms with Crippen LogP contribution in [0.15, 0.2) is 18.2 Å². The molecule has 1 aliphatic carbocycles. The fourth-order valence-corrected chi connectivity index (χ4v) is 2.54. The van der Waals surface area contributed by atoms with Gasteiger partial charge in [-0.3, -0.25) is 0 Å². The number of benzene rings is 1. The highest BCUT2D eigenvalue weighted by Gasteiger charge is 2.26. The molecule has 3 nitrogen and oxygen atoms in total. The molecule has 0 aromatic heterocycles. The van der Waals surface area contributed by atoms with Gasteiger partial charge in [0.25, 0.3) is 0 Å². The Morgan fingerprint density at radius 3 is 2.74 bits per heavy atom. The quantitative estimate of drug-likeness (QED) is 0.795. The van der Waals surface area contributed by atoms with Gasteiger partial charge in [-0.1, -0.05) is 6.07 Å². The summed E-state index contributed by atoms with van der Waals surface area (Å²) in [7, 11) is 1.85. The van der Waals surface area contributed by atoms with Crippen LogP contribution in [0.2, 0.25) is 0 Å². The fourth-order valence-electron chi connectivity index (χ4n) is 2.54. The minimum Gasteiger partial charge on any atom is -0.396 e. The Hall–Kier alpha value is -1.13. The summed E-state index contributed by atoms with van der Waals surface area (Å²) < 4.78 is 14.2. The smallest absolute Gasteiger partial charge is 0.146 e. The highest BCUT2D eigenvalue weighted by molar-refractivity contribution is 5.50. The van der Waals surface area contributed by atoms with Crippen molar-refractivity contribution in [3.05, 3.63) is 29.6 Å². The van der Waals surface area contributed by atoms with Gasteiger partial charge in [0, 0.05) is 25.7 Å². The summed E-state index contributed by atoms with van der Waals surface area (Å²) in [4.78, 5) is 2.12. The Kier molecular flexibility index (Phi) is 5.16. The van der Waals surface area contributed by atoms with Crippen molar-refractivity contribution in [2.45, 2.75) is 38.3 Å². The predicted molar refractivity (Wildman–Crippen MR) is 75.9 cm³/mol. The number of nitrogens with zero attached hydrogens (tertiary/aromatic N) is 1. The van der Waals surface area contributed by atoms with Crippen molar-refractivity contribution in [1.82, 2.24) is 5.32 Å². The van der Waals surface area contributed by atoms with Crippen LogP contribution in [-0.4, -0.2) is 31.3 Å². The van der Waals surface area contributed by atoms with E-state index in [0.29, 0.717) is 24.7 Å². The van der Waals surface area contributed by atoms with E-state index in [2.05, 4.69) is 10.2 Å². The summed E-state index contributed by atoms with van der Waals surface area (Å²) in [6, 6.07) is 5.89. The molecule has 0 radical (unpaired) electrons. The zero-order valence-electron chi connectivity index (χ0n) is 11.5. The van der Waals surface area contributed by atoms with Crippen LogP contribution in [0.5, 0.6) is 0 Å². The Labute approximate surface area is 114 Å². The minimum atomic E-state index is -0.155. The summed E-state index contributed by atoms with van der Waals surface area (Å²) in [5.74, 6) is -0.155. The molecular formula is C15H23FN2O. The topological polar surface area (TPSA) is 35.5 Å². The molecule has 106 valence electrons. The summed E-state index contributed by atoms with van der Waals surface area (Å²) in [5.41, 5.74) is 1.64. The van der Waals surface area contributed by atoms with Gasteiger partial charge < -0.3 is 15.3 Å². The van der Waals surface area contributed by atoms with E-state index in [9.17, 15) is 4.39 Å². The molecule has 0 atom stereocenters. The van der Waals surface area contributed by atoms with E-state index in [0.717, 1.165) is 24.9 Å². The second-order valence-electron chi connectivity index (χ2n) is 5.17. The van der Waals surface area contributed by atoms with Gasteiger partial charge in [0.2, 0.25) is 0 Å². The normalized spacial score (nSPS) is 15.3. The van der Waals surface area contributed by atoms with Gasteiger partial charge in [0.15, 0.2) is 0 Å². The lowest BCUT2D eigenvalue weighted by Crippen LogP contribution is -2.41. The van der Waals surface area contributed by atoms with E-state index in [4.69, 9.17) is 5.11 Å². The molecule has 1 aromatic carbocycles. The SMILES string of the molecule is CNCc1ccc(N(CCCO)C2CCC2)c(F)c1. The van der Waals surface area contributed by atoms with Crippen LogP contribution in [0, 0.1) is 5.82 Å². The maximum Gasteiger partial charge on any atom is 0.146 e. The predicted octanol–water partition coefficient (Wildman–Crippen LogP) is 2.29. The van der Waals surface area contributed by atoms with Crippen molar-refractivity contribution in [3.8, 4) is 0 Å². The molecule has 1 saturated carbocycles. The molecule has 2 N–H and O–H groups in total. The first-order valence-corrected chi connectivity index (χ1v) is 7.06. The number of hydrogen-bond donors (Lipinski definition) is 2. The molecule has 0 bridgehead atoms. The maximum atomic E-state index is 14.2. The highest BCUT2D eigenvalue weighted by atomic mass is 19.1. The van der Waals surface area contributed by atoms with E-state index in [1.54, 1.807) is 6.07 Å². The number of halogens is 1. The molecule has 0 saturated heterocycles. The second kappa shape index (κ2) is 6.87. The zero-order chi connectivity index (χ0) is 13.7. The summed E-state index contributed by atoms with van der Waals surface area (Å²) in [5, 5.41) is 12.0.